The maximum absolute atomic E-state index is 14.7. The lowest BCUT2D eigenvalue weighted by atomic mass is 9.44. The van der Waals surface area contributed by atoms with E-state index in [2.05, 4.69) is 0 Å². The minimum Gasteiger partial charge on any atom is -0.482 e. The summed E-state index contributed by atoms with van der Waals surface area (Å²) in [6, 6.07) is 16.7. The summed E-state index contributed by atoms with van der Waals surface area (Å²) in [6.45, 7) is 5.50. The number of ketones is 1. The van der Waals surface area contributed by atoms with Crippen LogP contribution in [0.15, 0.2) is 71.8 Å². The van der Waals surface area contributed by atoms with E-state index in [0.717, 1.165) is 0 Å². The van der Waals surface area contributed by atoms with E-state index in [-0.39, 0.29) is 30.6 Å². The van der Waals surface area contributed by atoms with Crippen LogP contribution in [0.4, 0.5) is 0 Å². The van der Waals surface area contributed by atoms with Gasteiger partial charge in [0.25, 0.3) is 0 Å². The first-order valence-corrected chi connectivity index (χ1v) is 15.5. The molecule has 0 spiro atoms. The number of Topliss-reactive ketones (excluding diaryl/α,β-unsaturated/α-hetero) is 1. The van der Waals surface area contributed by atoms with Crippen molar-refractivity contribution < 1.29 is 53.8 Å². The molecule has 46 heavy (non-hydrogen) atoms. The molecule has 2 saturated carbocycles. The molecule has 6 rings (SSSR count). The van der Waals surface area contributed by atoms with Crippen molar-refractivity contribution in [3.05, 3.63) is 77.4 Å². The number of fused-ring (bicyclic) bond motifs is 5. The lowest BCUT2D eigenvalue weighted by Crippen LogP contribution is -2.81. The largest absolute Gasteiger partial charge is 0.482 e. The molecule has 0 radical (unpaired) electrons. The van der Waals surface area contributed by atoms with Gasteiger partial charge in [-0.25, -0.2) is 9.59 Å². The van der Waals surface area contributed by atoms with Gasteiger partial charge in [0, 0.05) is 24.2 Å². The Balaban J connectivity index is 1.49. The normalized spacial score (nSPS) is 37.9. The van der Waals surface area contributed by atoms with Gasteiger partial charge in [-0.15, -0.1) is 0 Å². The third-order valence-corrected chi connectivity index (χ3v) is 11.0. The first-order chi connectivity index (χ1) is 21.7. The van der Waals surface area contributed by atoms with Crippen molar-refractivity contribution in [3.8, 4) is 5.75 Å². The highest BCUT2D eigenvalue weighted by atomic mass is 16.6. The van der Waals surface area contributed by atoms with Crippen LogP contribution in [0.2, 0.25) is 0 Å². The summed E-state index contributed by atoms with van der Waals surface area (Å²) >= 11 is 0. The highest BCUT2D eigenvalue weighted by Crippen LogP contribution is 2.63. The summed E-state index contributed by atoms with van der Waals surface area (Å²) in [5.41, 5.74) is -6.75. The number of esters is 2. The number of hydrogen-bond donors (Lipinski definition) is 4. The molecule has 0 amide bonds. The van der Waals surface area contributed by atoms with Gasteiger partial charge in [-0.2, -0.15) is 0 Å². The Morgan fingerprint density at radius 3 is 2.20 bits per heavy atom. The van der Waals surface area contributed by atoms with E-state index < -0.39 is 82.8 Å². The first-order valence-electron chi connectivity index (χ1n) is 15.5. The van der Waals surface area contributed by atoms with Crippen molar-refractivity contribution in [2.75, 3.05) is 13.2 Å². The Kier molecular flexibility index (Phi) is 7.92. The van der Waals surface area contributed by atoms with Crippen LogP contribution in [0.3, 0.4) is 0 Å². The summed E-state index contributed by atoms with van der Waals surface area (Å²) in [7, 11) is 0. The number of carbonyl (C=O) groups excluding carboxylic acids is 3. The van der Waals surface area contributed by atoms with E-state index in [4.69, 9.17) is 18.9 Å². The average molecular weight is 637 g/mol. The maximum Gasteiger partial charge on any atom is 0.344 e. The van der Waals surface area contributed by atoms with E-state index in [1.54, 1.807) is 69.3 Å². The van der Waals surface area contributed by atoms with Gasteiger partial charge in [0.1, 0.15) is 35.3 Å². The third kappa shape index (κ3) is 4.71. The van der Waals surface area contributed by atoms with Crippen molar-refractivity contribution in [1.82, 2.24) is 0 Å². The summed E-state index contributed by atoms with van der Waals surface area (Å²) < 4.78 is 23.4. The number of rotatable bonds is 6. The Morgan fingerprint density at radius 2 is 1.59 bits per heavy atom. The second-order valence-electron chi connectivity index (χ2n) is 13.7. The highest BCUT2D eigenvalue weighted by Gasteiger charge is 2.77. The zero-order chi connectivity index (χ0) is 33.2. The fourth-order valence-electron chi connectivity index (χ4n) is 8.27. The van der Waals surface area contributed by atoms with Gasteiger partial charge in [-0.3, -0.25) is 4.79 Å². The molecule has 0 aromatic heterocycles. The molecule has 11 heteroatoms. The predicted molar refractivity (Wildman–Crippen MR) is 161 cm³/mol. The fraction of sp³-hybridized carbons (Fsp3) is 0.514. The number of ether oxygens (including phenoxy) is 4. The molecule has 3 fully saturated rings. The van der Waals surface area contributed by atoms with E-state index in [0.29, 0.717) is 11.3 Å². The fourth-order valence-corrected chi connectivity index (χ4v) is 8.27. The highest BCUT2D eigenvalue weighted by molar-refractivity contribution is 5.94. The minimum absolute atomic E-state index is 0.0793. The van der Waals surface area contributed by atoms with Gasteiger partial charge in [0.15, 0.2) is 12.4 Å². The van der Waals surface area contributed by atoms with Crippen molar-refractivity contribution >= 4 is 17.7 Å². The molecular weight excluding hydrogens is 596 g/mol. The van der Waals surface area contributed by atoms with Crippen LogP contribution in [0, 0.1) is 16.7 Å². The van der Waals surface area contributed by atoms with Crippen molar-refractivity contribution in [1.29, 1.82) is 0 Å². The molecule has 2 aromatic carbocycles. The maximum atomic E-state index is 14.7. The van der Waals surface area contributed by atoms with Crippen LogP contribution < -0.4 is 4.74 Å². The number of benzene rings is 2. The zero-order valence-electron chi connectivity index (χ0n) is 26.2. The summed E-state index contributed by atoms with van der Waals surface area (Å²) in [6.07, 6.45) is -7.46. The molecule has 4 N–H and O–H groups in total. The molecular formula is C35H40O11. The summed E-state index contributed by atoms with van der Waals surface area (Å²) in [5.74, 6) is -3.47. The molecule has 1 saturated heterocycles. The molecule has 2 bridgehead atoms. The van der Waals surface area contributed by atoms with Crippen molar-refractivity contribution in [2.24, 2.45) is 16.7 Å². The topological polar surface area (TPSA) is 169 Å². The standard InChI is InChI=1S/C35H40O11/c1-19-22(36)16-35(42)30(46-31(40)20-11-7-5-8-12-20)28-33(4,29(39)27(38)26(19)32(35,2)3)23(15-24-34(28,41)18-44-24)45-25(37)17-43-21-13-9-6-10-14-21/h5-14,22-24,27-28,30,36,38,41-42H,15-18H2,1-4H3. The van der Waals surface area contributed by atoms with E-state index in [1.807, 2.05) is 0 Å². The lowest BCUT2D eigenvalue weighted by Gasteiger charge is -2.67. The number of hydrogen-bond acceptors (Lipinski definition) is 11. The van der Waals surface area contributed by atoms with Crippen molar-refractivity contribution in [3.63, 3.8) is 0 Å². The second kappa shape index (κ2) is 11.3. The van der Waals surface area contributed by atoms with Crippen LogP contribution in [-0.2, 0) is 23.8 Å². The van der Waals surface area contributed by atoms with Crippen molar-refractivity contribution in [2.45, 2.75) is 82.3 Å². The van der Waals surface area contributed by atoms with Gasteiger partial charge in [-0.1, -0.05) is 50.2 Å². The van der Waals surface area contributed by atoms with Gasteiger partial charge < -0.3 is 39.4 Å². The van der Waals surface area contributed by atoms with Crippen LogP contribution in [0.5, 0.6) is 5.75 Å². The van der Waals surface area contributed by atoms with Gasteiger partial charge in [-0.05, 0) is 49.3 Å². The quantitative estimate of drug-likeness (QED) is 0.271. The summed E-state index contributed by atoms with van der Waals surface area (Å²) in [5, 5.41) is 48.1. The zero-order valence-corrected chi connectivity index (χ0v) is 26.2. The molecule has 9 unspecified atom stereocenters. The third-order valence-electron chi connectivity index (χ3n) is 11.0. The van der Waals surface area contributed by atoms with Gasteiger partial charge >= 0.3 is 11.9 Å². The number of para-hydroxylation sites is 1. The van der Waals surface area contributed by atoms with Crippen LogP contribution in [0.25, 0.3) is 0 Å². The SMILES string of the molecule is CC1=C2C(O)C(=O)C3(C)C(OC(=O)COc4ccccc4)CC4OCC4(O)C3C(OC(=O)c3ccccc3)C(O)(CC1O)C2(C)C. The number of aliphatic hydroxyl groups is 4. The Bertz CT molecular complexity index is 1550. The van der Waals surface area contributed by atoms with Crippen LogP contribution in [-0.4, -0.2) is 93.1 Å². The van der Waals surface area contributed by atoms with E-state index in [1.165, 1.54) is 19.1 Å². The van der Waals surface area contributed by atoms with E-state index in [9.17, 15) is 34.8 Å². The average Bonchev–Trinajstić information content (AvgIpc) is 3.03. The van der Waals surface area contributed by atoms with Crippen LogP contribution >= 0.6 is 0 Å². The molecule has 1 heterocycles. The monoisotopic (exact) mass is 636 g/mol. The molecule has 1 aliphatic heterocycles. The Labute approximate surface area is 266 Å². The minimum atomic E-state index is -2.11. The molecule has 3 aliphatic carbocycles. The lowest BCUT2D eigenvalue weighted by molar-refractivity contribution is -0.344. The Hall–Kier alpha value is -3.61. The van der Waals surface area contributed by atoms with E-state index >= 15 is 0 Å². The van der Waals surface area contributed by atoms with Gasteiger partial charge in [0.05, 0.1) is 29.8 Å². The van der Waals surface area contributed by atoms with Gasteiger partial charge in [0.2, 0.25) is 0 Å². The van der Waals surface area contributed by atoms with Crippen LogP contribution in [0.1, 0.15) is 50.9 Å². The molecule has 2 aromatic rings. The Morgan fingerprint density at radius 1 is 0.957 bits per heavy atom. The molecule has 4 aliphatic rings. The smallest absolute Gasteiger partial charge is 0.344 e. The predicted octanol–water partition coefficient (Wildman–Crippen LogP) is 2.14. The second-order valence-corrected chi connectivity index (χ2v) is 13.7. The molecule has 246 valence electrons. The first kappa shape index (κ1) is 32.3. The number of carbonyl (C=O) groups is 3. The molecule has 11 nitrogen and oxygen atoms in total. The molecule has 9 atom stereocenters. The summed E-state index contributed by atoms with van der Waals surface area (Å²) in [4.78, 5) is 41.7. The number of aliphatic hydroxyl groups excluding tert-OH is 2.